The van der Waals surface area contributed by atoms with Crippen molar-refractivity contribution in [1.82, 2.24) is 9.78 Å². The minimum absolute atomic E-state index is 0.116. The number of nitrogens with zero attached hydrogens (tertiary/aromatic N) is 3. The number of carbonyl (C=O) groups is 1. The fourth-order valence-corrected chi connectivity index (χ4v) is 5.54. The van der Waals surface area contributed by atoms with E-state index in [9.17, 15) is 13.2 Å². The van der Waals surface area contributed by atoms with Crippen molar-refractivity contribution in [2.24, 2.45) is 5.73 Å². The molecule has 0 saturated heterocycles. The van der Waals surface area contributed by atoms with E-state index in [0.29, 0.717) is 30.8 Å². The monoisotopic (exact) mass is 486 g/mol. The van der Waals surface area contributed by atoms with Gasteiger partial charge in [0.05, 0.1) is 16.3 Å². The molecule has 4 aromatic rings. The number of rotatable bonds is 5. The highest BCUT2D eigenvalue weighted by Crippen LogP contribution is 2.32. The van der Waals surface area contributed by atoms with Gasteiger partial charge in [0, 0.05) is 36.2 Å². The molecule has 1 aliphatic heterocycles. The summed E-state index contributed by atoms with van der Waals surface area (Å²) >= 11 is 0. The van der Waals surface area contributed by atoms with Crippen molar-refractivity contribution in [1.29, 1.82) is 0 Å². The zero-order valence-corrected chi connectivity index (χ0v) is 20.4. The molecule has 1 aliphatic rings. The first-order valence-electron chi connectivity index (χ1n) is 11.4. The molecule has 178 valence electrons. The maximum Gasteiger partial charge on any atom is 0.277 e. The largest absolute Gasteiger partial charge is 0.326 e. The number of hydrogen-bond donors (Lipinski definition) is 1. The molecule has 0 aliphatic carbocycles. The van der Waals surface area contributed by atoms with Gasteiger partial charge >= 0.3 is 0 Å². The third-order valence-corrected chi connectivity index (χ3v) is 7.54. The quantitative estimate of drug-likeness (QED) is 0.461. The lowest BCUT2D eigenvalue weighted by atomic mass is 10.0. The smallest absolute Gasteiger partial charge is 0.277 e. The topological polar surface area (TPSA) is 98.3 Å². The van der Waals surface area contributed by atoms with Gasteiger partial charge in [0.2, 0.25) is 0 Å². The summed E-state index contributed by atoms with van der Waals surface area (Å²) in [6.45, 7) is 2.88. The zero-order valence-electron chi connectivity index (χ0n) is 19.6. The van der Waals surface area contributed by atoms with Gasteiger partial charge in [-0.15, -0.1) is 0 Å². The molecular weight excluding hydrogens is 460 g/mol. The fourth-order valence-electron chi connectivity index (χ4n) is 4.63. The van der Waals surface area contributed by atoms with E-state index in [4.69, 9.17) is 5.73 Å². The number of amides is 1. The van der Waals surface area contributed by atoms with Crippen LogP contribution in [-0.2, 0) is 22.8 Å². The average molecular weight is 487 g/mol. The van der Waals surface area contributed by atoms with E-state index in [1.54, 1.807) is 27.8 Å². The summed E-state index contributed by atoms with van der Waals surface area (Å²) in [7, 11) is -3.37. The van der Waals surface area contributed by atoms with Crippen LogP contribution in [0, 0.1) is 6.92 Å². The van der Waals surface area contributed by atoms with Crippen LogP contribution in [0.3, 0.4) is 0 Å². The molecule has 8 heteroatoms. The lowest BCUT2D eigenvalue weighted by Gasteiger charge is -2.28. The van der Waals surface area contributed by atoms with Crippen LogP contribution in [0.1, 0.15) is 27.3 Å². The van der Waals surface area contributed by atoms with E-state index in [1.807, 2.05) is 61.5 Å². The summed E-state index contributed by atoms with van der Waals surface area (Å²) in [6.07, 6.45) is 1.90. The molecule has 0 spiro atoms. The molecule has 0 atom stereocenters. The maximum atomic E-state index is 13.7. The summed E-state index contributed by atoms with van der Waals surface area (Å²) in [5.41, 5.74) is 12.1. The molecule has 5 rings (SSSR count). The van der Waals surface area contributed by atoms with Crippen molar-refractivity contribution in [3.8, 4) is 16.8 Å². The van der Waals surface area contributed by atoms with Crippen molar-refractivity contribution in [3.05, 3.63) is 95.3 Å². The number of nitrogens with two attached hydrogens (primary N) is 1. The van der Waals surface area contributed by atoms with Gasteiger partial charge < -0.3 is 10.6 Å². The highest BCUT2D eigenvalue weighted by atomic mass is 32.2. The molecule has 0 bridgehead atoms. The highest BCUT2D eigenvalue weighted by Gasteiger charge is 2.32. The van der Waals surface area contributed by atoms with Crippen molar-refractivity contribution in [2.75, 3.05) is 17.7 Å². The Bertz CT molecular complexity index is 1540. The number of benzene rings is 3. The van der Waals surface area contributed by atoms with Crippen LogP contribution in [0.15, 0.2) is 77.7 Å². The Labute approximate surface area is 204 Å². The summed E-state index contributed by atoms with van der Waals surface area (Å²) in [5, 5.41) is 4.67. The molecule has 0 fully saturated rings. The average Bonchev–Trinajstić information content (AvgIpc) is 3.21. The molecule has 2 heterocycles. The van der Waals surface area contributed by atoms with Gasteiger partial charge in [0.1, 0.15) is 5.69 Å². The SMILES string of the molecule is Cc1nn(-c2cccc(CN)c2)c2c1CCN(c1ccc(-c3ccccc3S(C)(=O)=O)cc1)C2=O. The third-order valence-electron chi connectivity index (χ3n) is 6.38. The summed E-state index contributed by atoms with van der Waals surface area (Å²) in [6, 6.07) is 22.1. The molecule has 3 aromatic carbocycles. The summed E-state index contributed by atoms with van der Waals surface area (Å²) in [5.74, 6) is -0.116. The fraction of sp³-hybridized carbons (Fsp3) is 0.185. The molecule has 0 saturated carbocycles. The van der Waals surface area contributed by atoms with Crippen LogP contribution in [0.2, 0.25) is 0 Å². The summed E-state index contributed by atoms with van der Waals surface area (Å²) in [4.78, 5) is 15.7. The second-order valence-corrected chi connectivity index (χ2v) is 10.7. The number of aromatic nitrogens is 2. The van der Waals surface area contributed by atoms with E-state index >= 15 is 0 Å². The first kappa shape index (κ1) is 23.0. The van der Waals surface area contributed by atoms with Crippen molar-refractivity contribution in [2.45, 2.75) is 24.8 Å². The Balaban J connectivity index is 1.51. The molecule has 7 nitrogen and oxygen atoms in total. The van der Waals surface area contributed by atoms with Crippen LogP contribution in [-0.4, -0.2) is 36.9 Å². The predicted octanol–water partition coefficient (Wildman–Crippen LogP) is 3.91. The van der Waals surface area contributed by atoms with Gasteiger partial charge in [0.15, 0.2) is 9.84 Å². The Morgan fingerprint density at radius 1 is 0.971 bits per heavy atom. The number of aryl methyl sites for hydroxylation is 1. The van der Waals surface area contributed by atoms with Crippen LogP contribution in [0.4, 0.5) is 5.69 Å². The van der Waals surface area contributed by atoms with Gasteiger partial charge in [-0.2, -0.15) is 5.10 Å². The minimum Gasteiger partial charge on any atom is -0.326 e. The van der Waals surface area contributed by atoms with E-state index in [-0.39, 0.29) is 10.8 Å². The minimum atomic E-state index is -3.37. The standard InChI is InChI=1S/C27H26N4O3S/c1-18-23-14-15-30(27(32)26(23)31(29-18)22-7-5-6-19(16-22)17-28)21-12-10-20(11-13-21)24-8-3-4-9-25(24)35(2,33)34/h3-13,16H,14-15,17,28H2,1-2H3. The third kappa shape index (κ3) is 4.15. The first-order chi connectivity index (χ1) is 16.8. The van der Waals surface area contributed by atoms with Gasteiger partial charge in [-0.25, -0.2) is 13.1 Å². The predicted molar refractivity (Wildman–Crippen MR) is 137 cm³/mol. The molecule has 1 aromatic heterocycles. The molecule has 35 heavy (non-hydrogen) atoms. The Kier molecular flexibility index (Phi) is 5.78. The number of anilines is 1. The van der Waals surface area contributed by atoms with E-state index in [2.05, 4.69) is 5.10 Å². The van der Waals surface area contributed by atoms with E-state index < -0.39 is 9.84 Å². The molecule has 2 N–H and O–H groups in total. The van der Waals surface area contributed by atoms with Crippen LogP contribution in [0.5, 0.6) is 0 Å². The van der Waals surface area contributed by atoms with Crippen molar-refractivity contribution >= 4 is 21.4 Å². The summed E-state index contributed by atoms with van der Waals surface area (Å²) < 4.78 is 26.2. The number of hydrogen-bond acceptors (Lipinski definition) is 5. The van der Waals surface area contributed by atoms with Crippen LogP contribution < -0.4 is 10.6 Å². The lowest BCUT2D eigenvalue weighted by Crippen LogP contribution is -2.38. The van der Waals surface area contributed by atoms with Crippen LogP contribution in [0.25, 0.3) is 16.8 Å². The highest BCUT2D eigenvalue weighted by molar-refractivity contribution is 7.90. The Morgan fingerprint density at radius 2 is 1.71 bits per heavy atom. The maximum absolute atomic E-state index is 13.7. The van der Waals surface area contributed by atoms with Gasteiger partial charge in [-0.05, 0) is 54.8 Å². The van der Waals surface area contributed by atoms with Crippen LogP contribution >= 0.6 is 0 Å². The lowest BCUT2D eigenvalue weighted by molar-refractivity contribution is 0.0973. The van der Waals surface area contributed by atoms with Crippen molar-refractivity contribution < 1.29 is 13.2 Å². The Hall–Kier alpha value is -3.75. The van der Waals surface area contributed by atoms with Gasteiger partial charge in [0.25, 0.3) is 5.91 Å². The molecule has 0 radical (unpaired) electrons. The number of fused-ring (bicyclic) bond motifs is 1. The normalized spacial score (nSPS) is 13.7. The molecule has 1 amide bonds. The molecule has 0 unspecified atom stereocenters. The van der Waals surface area contributed by atoms with Crippen molar-refractivity contribution in [3.63, 3.8) is 0 Å². The Morgan fingerprint density at radius 3 is 2.43 bits per heavy atom. The van der Waals surface area contributed by atoms with E-state index in [1.165, 1.54) is 6.26 Å². The number of sulfone groups is 1. The first-order valence-corrected chi connectivity index (χ1v) is 13.3. The van der Waals surface area contributed by atoms with Gasteiger partial charge in [-0.3, -0.25) is 4.79 Å². The van der Waals surface area contributed by atoms with Gasteiger partial charge in [-0.1, -0.05) is 42.5 Å². The second kappa shape index (κ2) is 8.79. The molecular formula is C27H26N4O3S. The zero-order chi connectivity index (χ0) is 24.7. The van der Waals surface area contributed by atoms with E-state index in [0.717, 1.165) is 33.8 Å². The second-order valence-electron chi connectivity index (χ2n) is 8.72. The number of carbonyl (C=O) groups excluding carboxylic acids is 1.